The summed E-state index contributed by atoms with van der Waals surface area (Å²) in [5.41, 5.74) is 2.67. The molecule has 1 aliphatic rings. The molecule has 0 atom stereocenters. The summed E-state index contributed by atoms with van der Waals surface area (Å²) in [6.07, 6.45) is 0.418. The number of nitrogens with zero attached hydrogens (tertiary/aromatic N) is 3. The summed E-state index contributed by atoms with van der Waals surface area (Å²) in [6, 6.07) is 12.3. The van der Waals surface area contributed by atoms with E-state index < -0.39 is 0 Å². The number of amides is 4. The lowest BCUT2D eigenvalue weighted by Gasteiger charge is -2.37. The molecular weight excluding hydrogens is 478 g/mol. The number of nitrogens with one attached hydrogen (secondary N) is 2. The highest BCUT2D eigenvalue weighted by atomic mass is 35.5. The molecule has 2 aromatic rings. The smallest absolute Gasteiger partial charge is 0.321 e. The van der Waals surface area contributed by atoms with Gasteiger partial charge in [-0.1, -0.05) is 25.4 Å². The second-order valence-electron chi connectivity index (χ2n) is 9.27. The van der Waals surface area contributed by atoms with Crippen LogP contribution in [-0.2, 0) is 4.79 Å². The van der Waals surface area contributed by atoms with Crippen molar-refractivity contribution in [3.63, 3.8) is 0 Å². The Bertz CT molecular complexity index is 1060. The maximum atomic E-state index is 13.4. The predicted octanol–water partition coefficient (Wildman–Crippen LogP) is 5.16. The predicted molar refractivity (Wildman–Crippen MR) is 146 cm³/mol. The SMILES string of the molecule is CCN(CC)C(=O)c1cc(NC(=O)CC(C)C)ccc1N1CCN(C(=O)Nc2ccc(Cl)cc2)CC1. The summed E-state index contributed by atoms with van der Waals surface area (Å²) in [4.78, 5) is 44.1. The van der Waals surface area contributed by atoms with Crippen LogP contribution in [0.2, 0.25) is 5.02 Å². The lowest BCUT2D eigenvalue weighted by Crippen LogP contribution is -2.50. The molecule has 36 heavy (non-hydrogen) atoms. The van der Waals surface area contributed by atoms with Crippen molar-refractivity contribution in [2.75, 3.05) is 54.8 Å². The first-order chi connectivity index (χ1) is 17.2. The number of piperazine rings is 1. The van der Waals surface area contributed by atoms with E-state index in [1.165, 1.54) is 0 Å². The largest absolute Gasteiger partial charge is 0.367 e. The van der Waals surface area contributed by atoms with Crippen molar-refractivity contribution in [1.29, 1.82) is 0 Å². The van der Waals surface area contributed by atoms with Crippen molar-refractivity contribution in [3.8, 4) is 0 Å². The summed E-state index contributed by atoms with van der Waals surface area (Å²) >= 11 is 5.92. The number of carbonyl (C=O) groups excluding carboxylic acids is 3. The van der Waals surface area contributed by atoms with Gasteiger partial charge in [-0.25, -0.2) is 4.79 Å². The molecule has 0 aromatic heterocycles. The first-order valence-corrected chi connectivity index (χ1v) is 12.9. The van der Waals surface area contributed by atoms with E-state index in [9.17, 15) is 14.4 Å². The molecule has 9 heteroatoms. The molecule has 2 N–H and O–H groups in total. The highest BCUT2D eigenvalue weighted by molar-refractivity contribution is 6.30. The Kier molecular flexibility index (Phi) is 9.58. The molecule has 1 fully saturated rings. The van der Waals surface area contributed by atoms with Gasteiger partial charge in [-0.2, -0.15) is 0 Å². The van der Waals surface area contributed by atoms with Gasteiger partial charge in [-0.3, -0.25) is 9.59 Å². The third-order valence-corrected chi connectivity index (χ3v) is 6.41. The van der Waals surface area contributed by atoms with Crippen LogP contribution in [0.5, 0.6) is 0 Å². The number of hydrogen-bond acceptors (Lipinski definition) is 4. The molecule has 2 aromatic carbocycles. The monoisotopic (exact) mass is 513 g/mol. The van der Waals surface area contributed by atoms with Crippen LogP contribution in [0.3, 0.4) is 0 Å². The maximum absolute atomic E-state index is 13.4. The molecule has 3 rings (SSSR count). The van der Waals surface area contributed by atoms with E-state index in [1.54, 1.807) is 40.1 Å². The van der Waals surface area contributed by atoms with Gasteiger partial charge in [-0.15, -0.1) is 0 Å². The highest BCUT2D eigenvalue weighted by Crippen LogP contribution is 2.27. The van der Waals surface area contributed by atoms with Gasteiger partial charge in [0.1, 0.15) is 0 Å². The molecule has 194 valence electrons. The number of hydrogen-bond donors (Lipinski definition) is 2. The molecule has 4 amide bonds. The Morgan fingerprint density at radius 2 is 1.53 bits per heavy atom. The first-order valence-electron chi connectivity index (χ1n) is 12.5. The van der Waals surface area contributed by atoms with Crippen LogP contribution in [0, 0.1) is 5.92 Å². The minimum absolute atomic E-state index is 0.0701. The van der Waals surface area contributed by atoms with Gasteiger partial charge < -0.3 is 25.3 Å². The lowest BCUT2D eigenvalue weighted by molar-refractivity contribution is -0.116. The van der Waals surface area contributed by atoms with Crippen molar-refractivity contribution in [2.24, 2.45) is 5.92 Å². The summed E-state index contributed by atoms with van der Waals surface area (Å²) in [5, 5.41) is 6.44. The topological polar surface area (TPSA) is 85.0 Å². The Morgan fingerprint density at radius 1 is 0.917 bits per heavy atom. The zero-order valence-corrected chi connectivity index (χ0v) is 22.3. The summed E-state index contributed by atoms with van der Waals surface area (Å²) in [6.45, 7) is 11.3. The standard InChI is InChI=1S/C27H36ClN5O3/c1-5-31(6-2)26(35)23-18-22(29-25(34)17-19(3)4)11-12-24(23)32-13-15-33(16-14-32)27(36)30-21-9-7-20(28)8-10-21/h7-12,18-19H,5-6,13-17H2,1-4H3,(H,29,34)(H,30,36). The van der Waals surface area contributed by atoms with Crippen LogP contribution >= 0.6 is 11.6 Å². The third-order valence-electron chi connectivity index (χ3n) is 6.16. The van der Waals surface area contributed by atoms with Crippen LogP contribution in [0.1, 0.15) is 44.5 Å². The molecule has 1 saturated heterocycles. The Hall–Kier alpha value is -3.26. The van der Waals surface area contributed by atoms with Crippen molar-refractivity contribution in [2.45, 2.75) is 34.1 Å². The Labute approximate surface area is 218 Å². The fourth-order valence-corrected chi connectivity index (χ4v) is 4.34. The van der Waals surface area contributed by atoms with Crippen molar-refractivity contribution >= 4 is 46.5 Å². The Balaban J connectivity index is 1.74. The second kappa shape index (κ2) is 12.6. The molecular formula is C27H36ClN5O3. The van der Waals surface area contributed by atoms with Crippen molar-refractivity contribution in [1.82, 2.24) is 9.80 Å². The van der Waals surface area contributed by atoms with E-state index in [1.807, 2.05) is 39.8 Å². The van der Waals surface area contributed by atoms with E-state index in [4.69, 9.17) is 11.6 Å². The second-order valence-corrected chi connectivity index (χ2v) is 9.70. The van der Waals surface area contributed by atoms with Gasteiger partial charge in [0.25, 0.3) is 5.91 Å². The fraction of sp³-hybridized carbons (Fsp3) is 0.444. The van der Waals surface area contributed by atoms with Crippen LogP contribution in [0.4, 0.5) is 21.9 Å². The quantitative estimate of drug-likeness (QED) is 0.510. The van der Waals surface area contributed by atoms with Crippen molar-refractivity contribution < 1.29 is 14.4 Å². The summed E-state index contributed by atoms with van der Waals surface area (Å²) in [5.74, 6) is 0.103. The fourth-order valence-electron chi connectivity index (χ4n) is 4.21. The molecule has 0 bridgehead atoms. The normalized spacial score (nSPS) is 13.5. The molecule has 0 radical (unpaired) electrons. The molecule has 0 aliphatic carbocycles. The van der Waals surface area contributed by atoms with Crippen LogP contribution < -0.4 is 15.5 Å². The molecule has 0 unspecified atom stereocenters. The number of halogens is 1. The number of benzene rings is 2. The average molecular weight is 514 g/mol. The molecule has 8 nitrogen and oxygen atoms in total. The molecule has 0 saturated carbocycles. The van der Waals surface area contributed by atoms with E-state index >= 15 is 0 Å². The van der Waals surface area contributed by atoms with Gasteiger partial charge in [-0.05, 0) is 62.2 Å². The number of urea groups is 1. The minimum Gasteiger partial charge on any atom is -0.367 e. The highest BCUT2D eigenvalue weighted by Gasteiger charge is 2.26. The number of anilines is 3. The molecule has 1 aliphatic heterocycles. The third kappa shape index (κ3) is 7.13. The van der Waals surface area contributed by atoms with Crippen LogP contribution in [0.15, 0.2) is 42.5 Å². The van der Waals surface area contributed by atoms with Gasteiger partial charge in [0.2, 0.25) is 5.91 Å². The number of rotatable bonds is 8. The van der Waals surface area contributed by atoms with Gasteiger partial charge in [0.15, 0.2) is 0 Å². The van der Waals surface area contributed by atoms with Gasteiger partial charge >= 0.3 is 6.03 Å². The zero-order chi connectivity index (χ0) is 26.2. The number of carbonyl (C=O) groups is 3. The molecule has 1 heterocycles. The lowest BCUT2D eigenvalue weighted by atomic mass is 10.1. The van der Waals surface area contributed by atoms with E-state index in [2.05, 4.69) is 15.5 Å². The summed E-state index contributed by atoms with van der Waals surface area (Å²) < 4.78 is 0. The van der Waals surface area contributed by atoms with E-state index in [0.717, 1.165) is 5.69 Å². The van der Waals surface area contributed by atoms with Gasteiger partial charge in [0, 0.05) is 67.8 Å². The Morgan fingerprint density at radius 3 is 2.11 bits per heavy atom. The summed E-state index contributed by atoms with van der Waals surface area (Å²) in [7, 11) is 0. The van der Waals surface area contributed by atoms with E-state index in [-0.39, 0.29) is 23.8 Å². The first kappa shape index (κ1) is 27.3. The molecule has 0 spiro atoms. The maximum Gasteiger partial charge on any atom is 0.321 e. The van der Waals surface area contributed by atoms with Gasteiger partial charge in [0.05, 0.1) is 5.56 Å². The van der Waals surface area contributed by atoms with E-state index in [0.29, 0.717) is 67.7 Å². The van der Waals surface area contributed by atoms with Crippen LogP contribution in [-0.4, -0.2) is 66.9 Å². The zero-order valence-electron chi connectivity index (χ0n) is 21.5. The van der Waals surface area contributed by atoms with Crippen molar-refractivity contribution in [3.05, 3.63) is 53.1 Å². The minimum atomic E-state index is -0.167. The average Bonchev–Trinajstić information content (AvgIpc) is 2.85. The van der Waals surface area contributed by atoms with Crippen LogP contribution in [0.25, 0.3) is 0 Å².